The van der Waals surface area contributed by atoms with E-state index in [0.717, 1.165) is 13.2 Å². The molecule has 19 heavy (non-hydrogen) atoms. The van der Waals surface area contributed by atoms with Gasteiger partial charge in [-0.05, 0) is 31.6 Å². The molecule has 1 heterocycles. The van der Waals surface area contributed by atoms with Crippen molar-refractivity contribution in [2.24, 2.45) is 11.3 Å². The molecule has 1 aliphatic heterocycles. The van der Waals surface area contributed by atoms with Gasteiger partial charge in [-0.1, -0.05) is 39.0 Å². The second kappa shape index (κ2) is 5.78. The monoisotopic (exact) mass is 280 g/mol. The van der Waals surface area contributed by atoms with E-state index in [4.69, 9.17) is 4.52 Å². The zero-order valence-corrected chi connectivity index (χ0v) is 13.5. The van der Waals surface area contributed by atoms with E-state index in [-0.39, 0.29) is 5.41 Å². The lowest BCUT2D eigenvalue weighted by Crippen LogP contribution is -2.42. The van der Waals surface area contributed by atoms with Crippen molar-refractivity contribution in [2.45, 2.75) is 20.8 Å². The fourth-order valence-electron chi connectivity index (χ4n) is 2.22. The van der Waals surface area contributed by atoms with Crippen LogP contribution in [0.1, 0.15) is 20.8 Å². The first-order valence-electron chi connectivity index (χ1n) is 6.82. The maximum Gasteiger partial charge on any atom is 0.217 e. The highest BCUT2D eigenvalue weighted by molar-refractivity contribution is 7.51. The molecule has 0 amide bonds. The van der Waals surface area contributed by atoms with E-state index >= 15 is 0 Å². The molecule has 1 fully saturated rings. The first-order valence-corrected chi connectivity index (χ1v) is 7.99. The van der Waals surface area contributed by atoms with Crippen LogP contribution < -0.4 is 4.67 Å². The van der Waals surface area contributed by atoms with Gasteiger partial charge in [-0.3, -0.25) is 0 Å². The van der Waals surface area contributed by atoms with Gasteiger partial charge in [0.1, 0.15) is 0 Å². The molecule has 2 unspecified atom stereocenters. The van der Waals surface area contributed by atoms with Gasteiger partial charge in [-0.2, -0.15) is 0 Å². The molecule has 106 valence electrons. The smallest absolute Gasteiger partial charge is 0.217 e. The van der Waals surface area contributed by atoms with Crippen LogP contribution >= 0.6 is 8.45 Å². The molecule has 0 aromatic heterocycles. The third-order valence-electron chi connectivity index (χ3n) is 3.61. The van der Waals surface area contributed by atoms with E-state index in [1.54, 1.807) is 0 Å². The van der Waals surface area contributed by atoms with Crippen LogP contribution in [0.5, 0.6) is 0 Å². The van der Waals surface area contributed by atoms with Crippen molar-refractivity contribution >= 4 is 14.1 Å². The van der Waals surface area contributed by atoms with Gasteiger partial charge in [-0.15, -0.1) is 0 Å². The maximum atomic E-state index is 6.16. The minimum absolute atomic E-state index is 0.279. The maximum absolute atomic E-state index is 6.16. The number of benzene rings is 1. The third kappa shape index (κ3) is 3.47. The van der Waals surface area contributed by atoms with E-state index in [1.165, 1.54) is 5.69 Å². The zero-order chi connectivity index (χ0) is 14.0. The number of para-hydroxylation sites is 1. The molecular weight excluding hydrogens is 255 g/mol. The third-order valence-corrected chi connectivity index (χ3v) is 5.48. The molecule has 0 bridgehead atoms. The largest absolute Gasteiger partial charge is 0.327 e. The van der Waals surface area contributed by atoms with Crippen molar-refractivity contribution in [1.29, 1.82) is 0 Å². The molecule has 2 rings (SSSR count). The molecule has 3 nitrogen and oxygen atoms in total. The van der Waals surface area contributed by atoms with Gasteiger partial charge < -0.3 is 9.19 Å². The average molecular weight is 280 g/mol. The Morgan fingerprint density at radius 1 is 1.21 bits per heavy atom. The summed E-state index contributed by atoms with van der Waals surface area (Å²) in [4.78, 5) is 0. The van der Waals surface area contributed by atoms with Crippen LogP contribution in [0.15, 0.2) is 30.3 Å². The lowest BCUT2D eigenvalue weighted by atomic mass is 9.81. The normalized spacial score (nSPS) is 24.8. The summed E-state index contributed by atoms with van der Waals surface area (Å²) < 4.78 is 10.8. The average Bonchev–Trinajstić information content (AvgIpc) is 2.38. The van der Waals surface area contributed by atoms with Crippen molar-refractivity contribution < 1.29 is 4.52 Å². The first-order chi connectivity index (χ1) is 8.89. The van der Waals surface area contributed by atoms with Crippen LogP contribution in [-0.4, -0.2) is 31.9 Å². The molecule has 0 aliphatic carbocycles. The minimum atomic E-state index is -0.678. The van der Waals surface area contributed by atoms with E-state index in [2.05, 4.69) is 74.5 Å². The summed E-state index contributed by atoms with van der Waals surface area (Å²) in [5, 5.41) is 0. The number of rotatable bonds is 2. The molecule has 1 aliphatic rings. The molecule has 1 aromatic carbocycles. The van der Waals surface area contributed by atoms with Gasteiger partial charge in [0.05, 0.1) is 6.61 Å². The number of hydrogen-bond acceptors (Lipinski definition) is 3. The summed E-state index contributed by atoms with van der Waals surface area (Å²) in [5.74, 6) is 0.561. The topological polar surface area (TPSA) is 15.7 Å². The van der Waals surface area contributed by atoms with Crippen molar-refractivity contribution in [3.05, 3.63) is 30.3 Å². The Bertz CT molecular complexity index is 402. The predicted octanol–water partition coefficient (Wildman–Crippen LogP) is 3.97. The molecule has 0 radical (unpaired) electrons. The number of hydrogen-bond donors (Lipinski definition) is 0. The van der Waals surface area contributed by atoms with E-state index in [1.807, 2.05) is 0 Å². The predicted molar refractivity (Wildman–Crippen MR) is 83.3 cm³/mol. The zero-order valence-electron chi connectivity index (χ0n) is 12.6. The fourth-order valence-corrected chi connectivity index (χ4v) is 4.00. The van der Waals surface area contributed by atoms with Crippen molar-refractivity contribution in [1.82, 2.24) is 4.67 Å². The highest BCUT2D eigenvalue weighted by atomic mass is 31.2. The minimum Gasteiger partial charge on any atom is -0.327 e. The van der Waals surface area contributed by atoms with Crippen molar-refractivity contribution in [3.63, 3.8) is 0 Å². The summed E-state index contributed by atoms with van der Waals surface area (Å²) in [7, 11) is 3.52. The molecular formula is C15H25N2OP. The van der Waals surface area contributed by atoms with Gasteiger partial charge in [0.25, 0.3) is 0 Å². The molecule has 1 aromatic rings. The second-order valence-corrected chi connectivity index (χ2v) is 8.42. The van der Waals surface area contributed by atoms with Crippen LogP contribution in [0.25, 0.3) is 0 Å². The Hall–Kier alpha value is -0.630. The summed E-state index contributed by atoms with van der Waals surface area (Å²) >= 11 is 0. The lowest BCUT2D eigenvalue weighted by Gasteiger charge is -2.46. The van der Waals surface area contributed by atoms with Crippen LogP contribution in [0.3, 0.4) is 0 Å². The standard InChI is InChI=1S/C15H25N2OP/c1-15(2,3)13-11-17(14-9-7-6-8-10-14)19(16(4)5)18-12-13/h6-10,13H,11-12H2,1-5H3. The SMILES string of the molecule is CN(C)P1OCC(C(C)(C)C)CN1c1ccccc1. The van der Waals surface area contributed by atoms with Gasteiger partial charge in [-0.25, -0.2) is 4.67 Å². The summed E-state index contributed by atoms with van der Waals surface area (Å²) in [5.41, 5.74) is 1.54. The molecule has 0 saturated carbocycles. The number of anilines is 1. The van der Waals surface area contributed by atoms with E-state index in [0.29, 0.717) is 5.92 Å². The Morgan fingerprint density at radius 3 is 2.37 bits per heavy atom. The quantitative estimate of drug-likeness (QED) is 0.762. The van der Waals surface area contributed by atoms with Crippen molar-refractivity contribution in [2.75, 3.05) is 31.9 Å². The molecule has 1 saturated heterocycles. The Labute approximate surface area is 118 Å². The molecule has 0 spiro atoms. The highest BCUT2D eigenvalue weighted by Gasteiger charge is 2.36. The van der Waals surface area contributed by atoms with E-state index in [9.17, 15) is 0 Å². The van der Waals surface area contributed by atoms with E-state index < -0.39 is 8.45 Å². The van der Waals surface area contributed by atoms with Crippen LogP contribution in [0, 0.1) is 11.3 Å². The lowest BCUT2D eigenvalue weighted by molar-refractivity contribution is 0.141. The number of nitrogens with zero attached hydrogens (tertiary/aromatic N) is 2. The van der Waals surface area contributed by atoms with Gasteiger partial charge >= 0.3 is 0 Å². The van der Waals surface area contributed by atoms with Crippen LogP contribution in [0.4, 0.5) is 5.69 Å². The Kier molecular flexibility index (Phi) is 4.50. The van der Waals surface area contributed by atoms with Gasteiger partial charge in [0, 0.05) is 18.2 Å². The van der Waals surface area contributed by atoms with Crippen molar-refractivity contribution in [3.8, 4) is 0 Å². The van der Waals surface area contributed by atoms with Crippen LogP contribution in [-0.2, 0) is 4.52 Å². The van der Waals surface area contributed by atoms with Crippen LogP contribution in [0.2, 0.25) is 0 Å². The first kappa shape index (κ1) is 14.8. The Morgan fingerprint density at radius 2 is 1.84 bits per heavy atom. The molecule has 0 N–H and O–H groups in total. The molecule has 4 heteroatoms. The highest BCUT2D eigenvalue weighted by Crippen LogP contribution is 2.51. The van der Waals surface area contributed by atoms with Gasteiger partial charge in [0.2, 0.25) is 8.45 Å². The van der Waals surface area contributed by atoms with Gasteiger partial charge in [0.15, 0.2) is 0 Å². The second-order valence-electron chi connectivity index (χ2n) is 6.38. The Balaban J connectivity index is 2.23. The summed E-state index contributed by atoms with van der Waals surface area (Å²) in [6, 6.07) is 10.6. The fraction of sp³-hybridized carbons (Fsp3) is 0.600. The summed E-state index contributed by atoms with van der Waals surface area (Å²) in [6.07, 6.45) is 0. The summed E-state index contributed by atoms with van der Waals surface area (Å²) in [6.45, 7) is 8.82. The molecule has 2 atom stereocenters.